The number of nitrogens with two attached hydrogens (primary N) is 1. The third-order valence-electron chi connectivity index (χ3n) is 5.85. The predicted molar refractivity (Wildman–Crippen MR) is 119 cm³/mol. The maximum atomic E-state index is 14.4. The molecule has 0 amide bonds. The van der Waals surface area contributed by atoms with Crippen LogP contribution in [-0.4, -0.2) is 46.5 Å². The predicted octanol–water partition coefficient (Wildman–Crippen LogP) is 3.63. The Morgan fingerprint density at radius 2 is 1.91 bits per heavy atom. The van der Waals surface area contributed by atoms with Gasteiger partial charge in [0, 0.05) is 24.8 Å². The fourth-order valence-corrected chi connectivity index (χ4v) is 4.16. The number of halogens is 2. The number of hydroxylamine groups is 1. The van der Waals surface area contributed by atoms with Crippen molar-refractivity contribution in [2.45, 2.75) is 18.4 Å². The van der Waals surface area contributed by atoms with E-state index in [1.807, 2.05) is 4.90 Å². The van der Waals surface area contributed by atoms with Crippen molar-refractivity contribution in [3.63, 3.8) is 0 Å². The summed E-state index contributed by atoms with van der Waals surface area (Å²) in [5, 5.41) is 12.4. The van der Waals surface area contributed by atoms with Crippen molar-refractivity contribution in [3.8, 4) is 11.3 Å². The lowest BCUT2D eigenvalue weighted by Gasteiger charge is -2.31. The highest BCUT2D eigenvalue weighted by Gasteiger charge is 2.52. The average molecular weight is 457 g/mol. The highest BCUT2D eigenvalue weighted by molar-refractivity contribution is 6.33. The molecule has 166 valence electrons. The van der Waals surface area contributed by atoms with Gasteiger partial charge in [0.05, 0.1) is 29.6 Å². The summed E-state index contributed by atoms with van der Waals surface area (Å²) < 4.78 is 19.9. The fraction of sp³-hybridized carbons (Fsp3) is 0.318. The number of pyridine rings is 1. The third-order valence-corrected chi connectivity index (χ3v) is 6.16. The minimum Gasteiger partial charge on any atom is -0.384 e. The first-order chi connectivity index (χ1) is 15.5. The maximum Gasteiger partial charge on any atom is 0.226 e. The van der Waals surface area contributed by atoms with Gasteiger partial charge < -0.3 is 15.4 Å². The second kappa shape index (κ2) is 8.16. The summed E-state index contributed by atoms with van der Waals surface area (Å²) in [4.78, 5) is 15.7. The molecule has 1 aromatic carbocycles. The van der Waals surface area contributed by atoms with Gasteiger partial charge in [-0.1, -0.05) is 23.7 Å². The summed E-state index contributed by atoms with van der Waals surface area (Å²) in [7, 11) is 0. The number of nitrogen functional groups attached to an aromatic ring is 1. The molecule has 0 radical (unpaired) electrons. The molecular formula is C22H22ClFN6O2. The Morgan fingerprint density at radius 1 is 1.16 bits per heavy atom. The first-order valence-electron chi connectivity index (χ1n) is 10.4. The lowest BCUT2D eigenvalue weighted by molar-refractivity contribution is 0.122. The molecule has 0 bridgehead atoms. The summed E-state index contributed by atoms with van der Waals surface area (Å²) in [5.41, 5.74) is 6.75. The second-order valence-electron chi connectivity index (χ2n) is 7.92. The number of para-hydroxylation sites is 1. The molecule has 1 aliphatic carbocycles. The lowest BCUT2D eigenvalue weighted by atomic mass is 10.1. The van der Waals surface area contributed by atoms with Gasteiger partial charge in [-0.15, -0.1) is 0 Å². The molecule has 1 saturated heterocycles. The minimum atomic E-state index is -0.853. The Kier molecular flexibility index (Phi) is 5.32. The zero-order valence-corrected chi connectivity index (χ0v) is 18.0. The van der Waals surface area contributed by atoms with Crippen molar-refractivity contribution in [1.29, 1.82) is 0 Å². The molecule has 2 aliphatic rings. The molecule has 0 unspecified atom stereocenters. The summed E-state index contributed by atoms with van der Waals surface area (Å²) in [6, 6.07) is 9.47. The monoisotopic (exact) mass is 456 g/mol. The topological polar surface area (TPSA) is 101 Å². The molecule has 8 nitrogen and oxygen atoms in total. The van der Waals surface area contributed by atoms with Crippen LogP contribution in [0.25, 0.3) is 11.3 Å². The van der Waals surface area contributed by atoms with Crippen molar-refractivity contribution in [2.24, 2.45) is 0 Å². The van der Waals surface area contributed by atoms with E-state index in [4.69, 9.17) is 32.0 Å². The second-order valence-corrected chi connectivity index (χ2v) is 8.33. The van der Waals surface area contributed by atoms with Crippen LogP contribution in [0.1, 0.15) is 18.5 Å². The van der Waals surface area contributed by atoms with Gasteiger partial charge in [0.15, 0.2) is 0 Å². The smallest absolute Gasteiger partial charge is 0.226 e. The molecular weight excluding hydrogens is 435 g/mol. The van der Waals surface area contributed by atoms with Crippen LogP contribution >= 0.6 is 11.6 Å². The van der Waals surface area contributed by atoms with Crippen molar-refractivity contribution in [3.05, 3.63) is 59.1 Å². The van der Waals surface area contributed by atoms with E-state index in [1.54, 1.807) is 36.5 Å². The summed E-state index contributed by atoms with van der Waals surface area (Å²) in [6.07, 6.45) is 2.80. The number of anilines is 3. The minimum absolute atomic E-state index is 0.102. The van der Waals surface area contributed by atoms with Gasteiger partial charge in [0.1, 0.15) is 22.9 Å². The Balaban J connectivity index is 1.62. The van der Waals surface area contributed by atoms with E-state index in [0.717, 1.165) is 5.06 Å². The van der Waals surface area contributed by atoms with E-state index in [0.29, 0.717) is 72.9 Å². The van der Waals surface area contributed by atoms with Crippen molar-refractivity contribution in [1.82, 2.24) is 15.0 Å². The van der Waals surface area contributed by atoms with E-state index in [9.17, 15) is 9.60 Å². The van der Waals surface area contributed by atoms with Gasteiger partial charge in [0.2, 0.25) is 5.95 Å². The highest BCUT2D eigenvalue weighted by atomic mass is 35.5. The zero-order valence-electron chi connectivity index (χ0n) is 17.2. The van der Waals surface area contributed by atoms with Gasteiger partial charge in [-0.25, -0.2) is 24.4 Å². The van der Waals surface area contributed by atoms with Gasteiger partial charge >= 0.3 is 0 Å². The van der Waals surface area contributed by atoms with E-state index in [-0.39, 0.29) is 5.69 Å². The summed E-state index contributed by atoms with van der Waals surface area (Å²) in [6.45, 7) is 2.42. The number of nitrogens with zero attached hydrogens (tertiary/aromatic N) is 5. The Morgan fingerprint density at radius 3 is 2.59 bits per heavy atom. The van der Waals surface area contributed by atoms with E-state index >= 15 is 0 Å². The van der Waals surface area contributed by atoms with Crippen LogP contribution in [0.5, 0.6) is 0 Å². The van der Waals surface area contributed by atoms with Crippen LogP contribution in [0.15, 0.2) is 42.6 Å². The molecule has 3 N–H and O–H groups in total. The van der Waals surface area contributed by atoms with E-state index in [1.165, 1.54) is 6.07 Å². The van der Waals surface area contributed by atoms with Crippen LogP contribution in [0.3, 0.4) is 0 Å². The van der Waals surface area contributed by atoms with Crippen LogP contribution in [0.2, 0.25) is 5.02 Å². The first kappa shape index (κ1) is 20.9. The number of hydrogen-bond acceptors (Lipinski definition) is 8. The molecule has 3 heterocycles. The van der Waals surface area contributed by atoms with Crippen LogP contribution in [0.4, 0.5) is 21.8 Å². The fourth-order valence-electron chi connectivity index (χ4n) is 3.90. The third kappa shape index (κ3) is 3.72. The van der Waals surface area contributed by atoms with Crippen LogP contribution in [0, 0.1) is 5.82 Å². The number of hydrogen-bond donors (Lipinski definition) is 2. The average Bonchev–Trinajstić information content (AvgIpc) is 3.61. The number of aromatic nitrogens is 3. The molecule has 0 spiro atoms. The van der Waals surface area contributed by atoms with Crippen molar-refractivity contribution >= 4 is 29.1 Å². The molecule has 10 heteroatoms. The van der Waals surface area contributed by atoms with E-state index in [2.05, 4.69) is 4.98 Å². The number of morpholine rings is 1. The zero-order chi connectivity index (χ0) is 22.3. The molecule has 5 rings (SSSR count). The Hall–Kier alpha value is -3.01. The molecule has 2 fully saturated rings. The maximum absolute atomic E-state index is 14.4. The quantitative estimate of drug-likeness (QED) is 0.561. The van der Waals surface area contributed by atoms with Crippen molar-refractivity contribution in [2.75, 3.05) is 42.0 Å². The standard InChI is InChI=1S/C22H22ClFN6O2/c23-15-11-20(25)26-13-14(15)17-12-19(28-21(27-17)29-7-9-32-10-8-29)22(5-6-22)30(31)18-4-2-1-3-16(18)24/h1-4,11-13,31H,5-10H2,(H2,25,26). The molecule has 1 saturated carbocycles. The van der Waals surface area contributed by atoms with Gasteiger partial charge in [-0.3, -0.25) is 5.21 Å². The SMILES string of the molecule is Nc1cc(Cl)c(-c2cc(C3(N(O)c4ccccc4F)CC3)nc(N3CCOCC3)n2)cn1. The highest BCUT2D eigenvalue weighted by Crippen LogP contribution is 2.52. The first-order valence-corrected chi connectivity index (χ1v) is 10.7. The Labute approximate surface area is 189 Å². The normalized spacial score (nSPS) is 17.3. The Bertz CT molecular complexity index is 1150. The summed E-state index contributed by atoms with van der Waals surface area (Å²) in [5.74, 6) is 0.304. The van der Waals surface area contributed by atoms with Gasteiger partial charge in [-0.2, -0.15) is 0 Å². The van der Waals surface area contributed by atoms with Crippen molar-refractivity contribution < 1.29 is 14.3 Å². The molecule has 2 aromatic heterocycles. The van der Waals surface area contributed by atoms with Crippen LogP contribution < -0.4 is 15.7 Å². The molecule has 32 heavy (non-hydrogen) atoms. The van der Waals surface area contributed by atoms with E-state index < -0.39 is 11.4 Å². The number of benzene rings is 1. The van der Waals surface area contributed by atoms with Gasteiger partial charge in [-0.05, 0) is 37.1 Å². The molecule has 1 aliphatic heterocycles. The molecule has 0 atom stereocenters. The molecule has 3 aromatic rings. The van der Waals surface area contributed by atoms with Crippen LogP contribution in [-0.2, 0) is 10.3 Å². The van der Waals surface area contributed by atoms with Gasteiger partial charge in [0.25, 0.3) is 0 Å². The number of ether oxygens (including phenoxy) is 1. The lowest BCUT2D eigenvalue weighted by Crippen LogP contribution is -2.39. The number of rotatable bonds is 5. The largest absolute Gasteiger partial charge is 0.384 e. The summed E-state index contributed by atoms with van der Waals surface area (Å²) >= 11 is 6.44.